The molecular formula is C11H17N5O2. The maximum absolute atomic E-state index is 11.7. The van der Waals surface area contributed by atoms with Crippen LogP contribution in [0.2, 0.25) is 0 Å². The number of aromatic nitrogens is 1. The van der Waals surface area contributed by atoms with E-state index in [1.165, 1.54) is 18.3 Å². The SMILES string of the molecule is CC(C)(C)OC(=O)N(N)c1ccc(C(=N)N)nc1. The molecule has 0 aromatic carbocycles. The van der Waals surface area contributed by atoms with Crippen LogP contribution in [0, 0.1) is 5.41 Å². The number of amides is 1. The Bertz CT molecular complexity index is 449. The summed E-state index contributed by atoms with van der Waals surface area (Å²) in [4.78, 5) is 15.6. The predicted molar refractivity (Wildman–Crippen MR) is 68.2 cm³/mol. The van der Waals surface area contributed by atoms with Gasteiger partial charge in [0.15, 0.2) is 0 Å². The van der Waals surface area contributed by atoms with Crippen molar-refractivity contribution in [2.45, 2.75) is 26.4 Å². The van der Waals surface area contributed by atoms with Crippen LogP contribution in [0.4, 0.5) is 10.5 Å². The number of nitrogens with one attached hydrogen (secondary N) is 1. The molecule has 98 valence electrons. The van der Waals surface area contributed by atoms with Gasteiger partial charge in [-0.05, 0) is 32.9 Å². The summed E-state index contributed by atoms with van der Waals surface area (Å²) in [5.41, 5.74) is 5.32. The molecule has 0 saturated heterocycles. The van der Waals surface area contributed by atoms with Crippen LogP contribution in [0.3, 0.4) is 0 Å². The van der Waals surface area contributed by atoms with Gasteiger partial charge in [0.1, 0.15) is 17.1 Å². The fraction of sp³-hybridized carbons (Fsp3) is 0.364. The van der Waals surface area contributed by atoms with Crippen LogP contribution in [-0.4, -0.2) is 22.5 Å². The molecule has 0 aliphatic carbocycles. The number of pyridine rings is 1. The van der Waals surface area contributed by atoms with E-state index in [4.69, 9.17) is 21.7 Å². The van der Waals surface area contributed by atoms with Crippen LogP contribution in [0.25, 0.3) is 0 Å². The number of hydrogen-bond donors (Lipinski definition) is 3. The molecule has 0 fully saturated rings. The summed E-state index contributed by atoms with van der Waals surface area (Å²) in [5, 5.41) is 8.04. The predicted octanol–water partition coefficient (Wildman–Crippen LogP) is 0.981. The number of amidine groups is 1. The van der Waals surface area contributed by atoms with Gasteiger partial charge < -0.3 is 10.5 Å². The summed E-state index contributed by atoms with van der Waals surface area (Å²) in [6.45, 7) is 5.24. The van der Waals surface area contributed by atoms with Crippen molar-refractivity contribution in [3.63, 3.8) is 0 Å². The number of anilines is 1. The lowest BCUT2D eigenvalue weighted by molar-refractivity contribution is 0.0580. The molecule has 7 nitrogen and oxygen atoms in total. The third kappa shape index (κ3) is 3.70. The maximum Gasteiger partial charge on any atom is 0.429 e. The minimum atomic E-state index is -0.681. The standard InChI is InChI=1S/C11H17N5O2/c1-11(2,3)18-10(17)16(14)7-4-5-8(9(12)13)15-6-7/h4-6H,14H2,1-3H3,(H3,12,13). The quantitative estimate of drug-likeness (QED) is 0.238. The Kier molecular flexibility index (Phi) is 3.87. The Morgan fingerprint density at radius 2 is 2.06 bits per heavy atom. The molecular weight excluding hydrogens is 234 g/mol. The first-order valence-electron chi connectivity index (χ1n) is 5.29. The van der Waals surface area contributed by atoms with Gasteiger partial charge in [0.25, 0.3) is 0 Å². The number of nitrogen functional groups attached to an aromatic ring is 1. The highest BCUT2D eigenvalue weighted by molar-refractivity contribution is 5.93. The van der Waals surface area contributed by atoms with E-state index in [2.05, 4.69) is 4.98 Å². The Hall–Kier alpha value is -2.15. The highest BCUT2D eigenvalue weighted by Crippen LogP contribution is 2.14. The summed E-state index contributed by atoms with van der Waals surface area (Å²) in [6, 6.07) is 3.04. The lowest BCUT2D eigenvalue weighted by Gasteiger charge is -2.24. The summed E-state index contributed by atoms with van der Waals surface area (Å²) in [6.07, 6.45) is 0.667. The molecule has 0 bridgehead atoms. The number of carbonyl (C=O) groups excluding carboxylic acids is 1. The Morgan fingerprint density at radius 1 is 1.44 bits per heavy atom. The number of carbonyl (C=O) groups is 1. The second-order valence-electron chi connectivity index (χ2n) is 4.67. The fourth-order valence-electron chi connectivity index (χ4n) is 1.10. The average molecular weight is 251 g/mol. The number of ether oxygens (including phenoxy) is 1. The summed E-state index contributed by atoms with van der Waals surface area (Å²) in [5.74, 6) is 5.46. The Morgan fingerprint density at radius 3 is 2.44 bits per heavy atom. The monoisotopic (exact) mass is 251 g/mol. The van der Waals surface area contributed by atoms with Crippen LogP contribution in [0.15, 0.2) is 18.3 Å². The second kappa shape index (κ2) is 5.01. The first kappa shape index (κ1) is 13.9. The number of hydrazine groups is 1. The molecule has 0 saturated carbocycles. The van der Waals surface area contributed by atoms with Crippen molar-refractivity contribution in [2.24, 2.45) is 11.6 Å². The van der Waals surface area contributed by atoms with Crippen LogP contribution >= 0.6 is 0 Å². The van der Waals surface area contributed by atoms with Crippen LogP contribution in [0.1, 0.15) is 26.5 Å². The second-order valence-corrected chi connectivity index (χ2v) is 4.67. The fourth-order valence-corrected chi connectivity index (χ4v) is 1.10. The molecule has 0 aliphatic rings. The number of nitrogens with zero attached hydrogens (tertiary/aromatic N) is 2. The van der Waals surface area contributed by atoms with Crippen LogP contribution in [0.5, 0.6) is 0 Å². The molecule has 0 radical (unpaired) electrons. The summed E-state index contributed by atoms with van der Waals surface area (Å²) in [7, 11) is 0. The average Bonchev–Trinajstić information content (AvgIpc) is 2.26. The van der Waals surface area contributed by atoms with E-state index in [0.717, 1.165) is 5.01 Å². The Balaban J connectivity index is 2.81. The smallest absolute Gasteiger partial charge is 0.429 e. The van der Waals surface area contributed by atoms with Crippen molar-refractivity contribution in [1.29, 1.82) is 5.41 Å². The normalized spacial score (nSPS) is 10.9. The zero-order chi connectivity index (χ0) is 13.9. The third-order valence-corrected chi connectivity index (χ3v) is 1.89. The lowest BCUT2D eigenvalue weighted by atomic mass is 10.2. The zero-order valence-corrected chi connectivity index (χ0v) is 10.6. The number of hydrogen-bond acceptors (Lipinski definition) is 5. The molecule has 5 N–H and O–H groups in total. The number of nitrogens with two attached hydrogens (primary N) is 2. The van der Waals surface area contributed by atoms with Gasteiger partial charge in [-0.3, -0.25) is 10.4 Å². The molecule has 7 heteroatoms. The van der Waals surface area contributed by atoms with Crippen molar-refractivity contribution in [1.82, 2.24) is 4.98 Å². The summed E-state index contributed by atoms with van der Waals surface area (Å²) >= 11 is 0. The van der Waals surface area contributed by atoms with Crippen LogP contribution in [-0.2, 0) is 4.74 Å². The molecule has 0 unspecified atom stereocenters. The van der Waals surface area contributed by atoms with Gasteiger partial charge in [-0.15, -0.1) is 0 Å². The van der Waals surface area contributed by atoms with E-state index in [1.54, 1.807) is 20.8 Å². The van der Waals surface area contributed by atoms with E-state index in [-0.39, 0.29) is 5.84 Å². The molecule has 1 heterocycles. The first-order chi connectivity index (χ1) is 8.20. The van der Waals surface area contributed by atoms with E-state index in [9.17, 15) is 4.79 Å². The van der Waals surface area contributed by atoms with Gasteiger partial charge in [-0.2, -0.15) is 0 Å². The van der Waals surface area contributed by atoms with Gasteiger partial charge in [0.05, 0.1) is 11.9 Å². The van der Waals surface area contributed by atoms with Crippen molar-refractivity contribution >= 4 is 17.6 Å². The van der Waals surface area contributed by atoms with Crippen LogP contribution < -0.4 is 16.6 Å². The largest absolute Gasteiger partial charge is 0.442 e. The third-order valence-electron chi connectivity index (χ3n) is 1.89. The molecule has 1 amide bonds. The molecule has 1 aromatic rings. The maximum atomic E-state index is 11.7. The first-order valence-corrected chi connectivity index (χ1v) is 5.29. The summed E-state index contributed by atoms with van der Waals surface area (Å²) < 4.78 is 5.10. The van der Waals surface area contributed by atoms with Crippen molar-refractivity contribution in [2.75, 3.05) is 5.01 Å². The van der Waals surface area contributed by atoms with E-state index >= 15 is 0 Å². The minimum Gasteiger partial charge on any atom is -0.442 e. The van der Waals surface area contributed by atoms with E-state index in [0.29, 0.717) is 11.4 Å². The molecule has 0 aliphatic heterocycles. The lowest BCUT2D eigenvalue weighted by Crippen LogP contribution is -2.41. The van der Waals surface area contributed by atoms with Gasteiger partial charge >= 0.3 is 6.09 Å². The van der Waals surface area contributed by atoms with Crippen molar-refractivity contribution < 1.29 is 9.53 Å². The molecule has 1 rings (SSSR count). The molecule has 1 aromatic heterocycles. The zero-order valence-electron chi connectivity index (χ0n) is 10.6. The van der Waals surface area contributed by atoms with Gasteiger partial charge in [-0.1, -0.05) is 0 Å². The Labute approximate surface area is 105 Å². The number of rotatable bonds is 2. The van der Waals surface area contributed by atoms with Crippen molar-refractivity contribution in [3.8, 4) is 0 Å². The van der Waals surface area contributed by atoms with E-state index in [1.807, 2.05) is 0 Å². The highest BCUT2D eigenvalue weighted by Gasteiger charge is 2.21. The van der Waals surface area contributed by atoms with Gasteiger partial charge in [0, 0.05) is 0 Å². The molecule has 0 atom stereocenters. The molecule has 18 heavy (non-hydrogen) atoms. The topological polar surface area (TPSA) is 118 Å². The van der Waals surface area contributed by atoms with Gasteiger partial charge in [0.2, 0.25) is 0 Å². The van der Waals surface area contributed by atoms with Crippen molar-refractivity contribution in [3.05, 3.63) is 24.0 Å². The van der Waals surface area contributed by atoms with E-state index < -0.39 is 11.7 Å². The highest BCUT2D eigenvalue weighted by atomic mass is 16.6. The minimum absolute atomic E-state index is 0.151. The van der Waals surface area contributed by atoms with Gasteiger partial charge in [-0.25, -0.2) is 15.6 Å². The molecule has 0 spiro atoms.